The Morgan fingerprint density at radius 2 is 1.73 bits per heavy atom. The van der Waals surface area contributed by atoms with Gasteiger partial charge in [-0.15, -0.1) is 0 Å². The average molecular weight is 257 g/mol. The molecule has 0 aromatic heterocycles. The standard InChI is InChI=1S/C9H24F2N2PSi/c1-12-7-8-13(2,3)14(12,10,11)9-15(4,5)6/h7-9H2,1-6H3/q+1. The Bertz CT molecular complexity index is 276. The first-order valence-corrected chi connectivity index (χ1v) is 11.2. The van der Waals surface area contributed by atoms with E-state index in [0.29, 0.717) is 13.1 Å². The van der Waals surface area contributed by atoms with Crippen LogP contribution in [-0.2, 0) is 0 Å². The molecule has 0 N–H and O–H groups in total. The van der Waals surface area contributed by atoms with Gasteiger partial charge in [-0.3, -0.25) is 0 Å². The van der Waals surface area contributed by atoms with Gasteiger partial charge in [-0.2, -0.15) is 0 Å². The molecule has 0 unspecified atom stereocenters. The topological polar surface area (TPSA) is 3.24 Å². The van der Waals surface area contributed by atoms with Crippen molar-refractivity contribution in [2.45, 2.75) is 19.6 Å². The van der Waals surface area contributed by atoms with Crippen molar-refractivity contribution in [3.63, 3.8) is 0 Å². The number of halogens is 2. The Morgan fingerprint density at radius 1 is 1.27 bits per heavy atom. The van der Waals surface area contributed by atoms with Crippen LogP contribution in [-0.4, -0.2) is 57.0 Å². The van der Waals surface area contributed by atoms with Crippen LogP contribution in [0, 0.1) is 0 Å². The number of quaternary nitrogens is 1. The van der Waals surface area contributed by atoms with Crippen LogP contribution in [0.15, 0.2) is 0 Å². The fourth-order valence-corrected chi connectivity index (χ4v) is 12.8. The maximum atomic E-state index is 15.1. The Kier molecular flexibility index (Phi) is 2.89. The van der Waals surface area contributed by atoms with Gasteiger partial charge in [0.15, 0.2) is 0 Å². The van der Waals surface area contributed by atoms with E-state index in [2.05, 4.69) is 0 Å². The van der Waals surface area contributed by atoms with E-state index in [4.69, 9.17) is 0 Å². The van der Waals surface area contributed by atoms with Crippen LogP contribution < -0.4 is 0 Å². The van der Waals surface area contributed by atoms with E-state index in [0.717, 1.165) is 0 Å². The molecular weight excluding hydrogens is 233 g/mol. The molecule has 2 nitrogen and oxygen atoms in total. The SMILES string of the molecule is CN1CC[N+](C)(C)P1(F)(F)C[Si](C)(C)C. The number of nitrogens with zero attached hydrogens (tertiary/aromatic N) is 2. The summed E-state index contributed by atoms with van der Waals surface area (Å²) in [6.45, 7) is 7.21. The van der Waals surface area contributed by atoms with Gasteiger partial charge in [-0.1, -0.05) is 0 Å². The number of hydrogen-bond donors (Lipinski definition) is 0. The number of hydrogen-bond acceptors (Lipinski definition) is 1. The van der Waals surface area contributed by atoms with Crippen molar-refractivity contribution in [3.05, 3.63) is 0 Å². The Morgan fingerprint density at radius 3 is 2.00 bits per heavy atom. The molecule has 1 rings (SSSR count). The summed E-state index contributed by atoms with van der Waals surface area (Å²) in [5.74, 6) is 0.155. The summed E-state index contributed by atoms with van der Waals surface area (Å²) in [6, 6.07) is 0. The van der Waals surface area contributed by atoms with Gasteiger partial charge in [0.2, 0.25) is 0 Å². The van der Waals surface area contributed by atoms with Crippen LogP contribution in [0.5, 0.6) is 0 Å². The van der Waals surface area contributed by atoms with Crippen LogP contribution >= 0.6 is 7.53 Å². The third kappa shape index (κ3) is 1.99. The molecule has 15 heavy (non-hydrogen) atoms. The molecule has 6 heteroatoms. The zero-order chi connectivity index (χ0) is 12.1. The summed E-state index contributed by atoms with van der Waals surface area (Å²) in [7, 11) is -1.45. The van der Waals surface area contributed by atoms with Crippen LogP contribution in [0.25, 0.3) is 0 Å². The van der Waals surface area contributed by atoms with Crippen LogP contribution in [0.3, 0.4) is 0 Å². The summed E-state index contributed by atoms with van der Waals surface area (Å²) >= 11 is 0. The van der Waals surface area contributed by atoms with Gasteiger partial charge in [0.25, 0.3) is 0 Å². The van der Waals surface area contributed by atoms with Crippen molar-refractivity contribution in [3.8, 4) is 0 Å². The summed E-state index contributed by atoms with van der Waals surface area (Å²) in [6.07, 6.45) is 0. The molecule has 1 aliphatic rings. The second-order valence-electron chi connectivity index (χ2n) is 6.42. The summed E-state index contributed by atoms with van der Waals surface area (Å²) < 4.78 is 31.4. The van der Waals surface area contributed by atoms with E-state index < -0.39 is 15.6 Å². The predicted molar refractivity (Wildman–Crippen MR) is 67.0 cm³/mol. The molecule has 1 aliphatic heterocycles. The van der Waals surface area contributed by atoms with E-state index in [1.165, 1.54) is 4.67 Å². The first-order valence-electron chi connectivity index (χ1n) is 5.38. The van der Waals surface area contributed by atoms with Crippen molar-refractivity contribution in [1.82, 2.24) is 4.67 Å². The second kappa shape index (κ2) is 3.22. The molecule has 0 aromatic rings. The van der Waals surface area contributed by atoms with Gasteiger partial charge < -0.3 is 0 Å². The Hall–Kier alpha value is 0.427. The van der Waals surface area contributed by atoms with E-state index in [1.807, 2.05) is 19.6 Å². The van der Waals surface area contributed by atoms with E-state index >= 15 is 8.39 Å². The third-order valence-electron chi connectivity index (χ3n) is 3.39. The van der Waals surface area contributed by atoms with Gasteiger partial charge >= 0.3 is 92.6 Å². The molecule has 0 aliphatic carbocycles. The average Bonchev–Trinajstić information content (AvgIpc) is 2.07. The van der Waals surface area contributed by atoms with Crippen LogP contribution in [0.4, 0.5) is 8.39 Å². The zero-order valence-corrected chi connectivity index (χ0v) is 12.6. The van der Waals surface area contributed by atoms with Crippen LogP contribution in [0.2, 0.25) is 19.6 Å². The fourth-order valence-electron chi connectivity index (χ4n) is 2.28. The van der Waals surface area contributed by atoms with Crippen molar-refractivity contribution in [2.24, 2.45) is 0 Å². The molecule has 0 saturated carbocycles. The molecule has 0 aromatic carbocycles. The summed E-state index contributed by atoms with van der Waals surface area (Å²) in [5, 5.41) is 0. The molecule has 0 bridgehead atoms. The van der Waals surface area contributed by atoms with Crippen molar-refractivity contribution >= 4 is 15.6 Å². The molecule has 0 amide bonds. The van der Waals surface area contributed by atoms with E-state index in [1.54, 1.807) is 21.1 Å². The molecule has 92 valence electrons. The van der Waals surface area contributed by atoms with Crippen molar-refractivity contribution in [2.75, 3.05) is 40.0 Å². The minimum atomic E-state index is -4.70. The molecule has 1 heterocycles. The predicted octanol–water partition coefficient (Wildman–Crippen LogP) is 3.04. The molecule has 0 radical (unpaired) electrons. The zero-order valence-electron chi connectivity index (χ0n) is 10.7. The molecule has 1 fully saturated rings. The quantitative estimate of drug-likeness (QED) is 0.543. The first-order chi connectivity index (χ1) is 6.39. The van der Waals surface area contributed by atoms with Crippen molar-refractivity contribution < 1.29 is 12.6 Å². The van der Waals surface area contributed by atoms with E-state index in [9.17, 15) is 0 Å². The summed E-state index contributed by atoms with van der Waals surface area (Å²) in [5.41, 5.74) is 0. The van der Waals surface area contributed by atoms with Gasteiger partial charge in [-0.05, 0) is 0 Å². The minimum absolute atomic E-state index is 0.0770. The normalized spacial score (nSPS) is 32.1. The molecule has 0 atom stereocenters. The van der Waals surface area contributed by atoms with Gasteiger partial charge in [0.1, 0.15) is 0 Å². The number of likely N-dealkylation sites (N-methyl/N-ethyl adjacent to an activating group) is 2. The monoisotopic (exact) mass is 257 g/mol. The van der Waals surface area contributed by atoms with Crippen molar-refractivity contribution in [1.29, 1.82) is 0 Å². The van der Waals surface area contributed by atoms with Gasteiger partial charge in [0.05, 0.1) is 0 Å². The second-order valence-corrected chi connectivity index (χ2v) is 16.5. The summed E-state index contributed by atoms with van der Waals surface area (Å²) in [4.78, 5) is 0. The molecular formula is C9H24F2N2PSi+. The van der Waals surface area contributed by atoms with Gasteiger partial charge in [-0.25, -0.2) is 0 Å². The molecule has 0 spiro atoms. The maximum absolute atomic E-state index is 15.1. The third-order valence-corrected chi connectivity index (χ3v) is 13.0. The van der Waals surface area contributed by atoms with Crippen LogP contribution in [0.1, 0.15) is 0 Å². The Labute approximate surface area is 93.1 Å². The number of rotatable bonds is 2. The van der Waals surface area contributed by atoms with E-state index in [-0.39, 0.29) is 10.0 Å². The molecule has 1 saturated heterocycles. The Balaban J connectivity index is 3.15. The first kappa shape index (κ1) is 13.5. The fraction of sp³-hybridized carbons (Fsp3) is 1.00. The van der Waals surface area contributed by atoms with Gasteiger partial charge in [0, 0.05) is 0 Å².